The van der Waals surface area contributed by atoms with Crippen molar-refractivity contribution in [2.45, 2.75) is 11.6 Å². The molecule has 27 heavy (non-hydrogen) atoms. The molecule has 0 spiro atoms. The van der Waals surface area contributed by atoms with E-state index in [9.17, 15) is 17.8 Å². The van der Waals surface area contributed by atoms with Crippen molar-refractivity contribution in [3.8, 4) is 11.4 Å². The van der Waals surface area contributed by atoms with Crippen molar-refractivity contribution in [1.82, 2.24) is 25.6 Å². The van der Waals surface area contributed by atoms with Crippen molar-refractivity contribution >= 4 is 22.2 Å². The van der Waals surface area contributed by atoms with E-state index in [2.05, 4.69) is 25.9 Å². The number of hydrazone groups is 1. The molecule has 0 radical (unpaired) electrons. The Balaban J connectivity index is 0.00000261. The van der Waals surface area contributed by atoms with E-state index in [4.69, 9.17) is 4.42 Å². The first kappa shape index (κ1) is 20.9. The van der Waals surface area contributed by atoms with Crippen molar-refractivity contribution < 1.29 is 51.7 Å². The normalized spacial score (nSPS) is 11.3. The summed E-state index contributed by atoms with van der Waals surface area (Å²) in [7, 11) is -4.68. The van der Waals surface area contributed by atoms with Crippen molar-refractivity contribution in [3.63, 3.8) is 0 Å². The van der Waals surface area contributed by atoms with Crippen LogP contribution in [0, 0.1) is 0 Å². The van der Waals surface area contributed by atoms with E-state index in [1.54, 1.807) is 0 Å². The Morgan fingerprint density at radius 3 is 2.67 bits per heavy atom. The molecule has 3 rings (SSSR count). The summed E-state index contributed by atoms with van der Waals surface area (Å²) in [5, 5.41) is 14.6. The zero-order valence-corrected chi connectivity index (χ0v) is 16.8. The van der Waals surface area contributed by atoms with E-state index in [0.29, 0.717) is 5.82 Å². The number of tetrazole rings is 1. The van der Waals surface area contributed by atoms with Crippen molar-refractivity contribution in [2.75, 3.05) is 0 Å². The molecule has 134 valence electrons. The molecule has 0 saturated heterocycles. The van der Waals surface area contributed by atoms with Crippen LogP contribution in [0.5, 0.6) is 0 Å². The number of aromatic nitrogens is 4. The molecule has 0 unspecified atom stereocenters. The van der Waals surface area contributed by atoms with Crippen LogP contribution < -0.4 is 35.0 Å². The fourth-order valence-electron chi connectivity index (χ4n) is 1.88. The average molecular weight is 398 g/mol. The smallest absolute Gasteiger partial charge is 0.742 e. The fourth-order valence-corrected chi connectivity index (χ4v) is 2.32. The predicted molar refractivity (Wildman–Crippen MR) is 85.7 cm³/mol. The van der Waals surface area contributed by atoms with E-state index in [1.807, 2.05) is 30.3 Å². The molecule has 0 atom stereocenters. The molecule has 0 aliphatic rings. The molecule has 0 aliphatic carbocycles. The molecule has 1 aromatic carbocycles. The SMILES string of the molecule is O=C(Cn1nnc(-c2ccccc2)n1)N/N=C/c1ccc(S(=O)(=O)[O-])o1.[Na+]. The molecule has 3 aromatic rings. The molecule has 1 N–H and O–H groups in total. The van der Waals surface area contributed by atoms with Gasteiger partial charge in [0.2, 0.25) is 10.9 Å². The molecule has 0 fully saturated rings. The van der Waals surface area contributed by atoms with Crippen LogP contribution >= 0.6 is 0 Å². The number of carbonyl (C=O) groups is 1. The van der Waals surface area contributed by atoms with E-state index in [0.717, 1.165) is 22.6 Å². The molecule has 11 nitrogen and oxygen atoms in total. The minimum absolute atomic E-state index is 0. The Hall–Kier alpha value is -2.38. The molecule has 1 amide bonds. The predicted octanol–water partition coefficient (Wildman–Crippen LogP) is -3.01. The Bertz CT molecular complexity index is 1050. The van der Waals surface area contributed by atoms with Gasteiger partial charge in [-0.05, 0) is 17.3 Å². The third-order valence-electron chi connectivity index (χ3n) is 3.00. The Morgan fingerprint density at radius 1 is 1.26 bits per heavy atom. The summed E-state index contributed by atoms with van der Waals surface area (Å²) in [6, 6.07) is 11.4. The Kier molecular flexibility index (Phi) is 6.98. The van der Waals surface area contributed by atoms with Gasteiger partial charge in [0, 0.05) is 5.56 Å². The maximum atomic E-state index is 11.8. The number of nitrogens with zero attached hydrogens (tertiary/aromatic N) is 5. The third kappa shape index (κ3) is 5.80. The average Bonchev–Trinajstić information content (AvgIpc) is 3.25. The number of carbonyl (C=O) groups excluding carboxylic acids is 1. The summed E-state index contributed by atoms with van der Waals surface area (Å²) in [6.07, 6.45) is 1.05. The summed E-state index contributed by atoms with van der Waals surface area (Å²) in [4.78, 5) is 12.9. The molecule has 0 aliphatic heterocycles. The van der Waals surface area contributed by atoms with Crippen LogP contribution in [0.2, 0.25) is 0 Å². The molecule has 2 aromatic heterocycles. The first-order valence-electron chi connectivity index (χ1n) is 7.13. The van der Waals surface area contributed by atoms with E-state index in [-0.39, 0.29) is 41.9 Å². The van der Waals surface area contributed by atoms with Crippen molar-refractivity contribution in [1.29, 1.82) is 0 Å². The van der Waals surface area contributed by atoms with Gasteiger partial charge in [-0.2, -0.15) is 9.90 Å². The maximum absolute atomic E-state index is 11.8. The van der Waals surface area contributed by atoms with Gasteiger partial charge in [-0.1, -0.05) is 30.3 Å². The van der Waals surface area contributed by atoms with Crippen LogP contribution in [-0.4, -0.2) is 45.3 Å². The molecule has 0 saturated carbocycles. The second-order valence-corrected chi connectivity index (χ2v) is 6.22. The molecular weight excluding hydrogens is 387 g/mol. The largest absolute Gasteiger partial charge is 1.00 e. The van der Waals surface area contributed by atoms with Gasteiger partial charge in [0.25, 0.3) is 5.91 Å². The first-order chi connectivity index (χ1) is 12.4. The van der Waals surface area contributed by atoms with Gasteiger partial charge in [0.15, 0.2) is 10.1 Å². The van der Waals surface area contributed by atoms with Crippen LogP contribution in [-0.2, 0) is 21.5 Å². The molecular formula is C14H11N6NaO5S. The number of rotatable bonds is 6. The van der Waals surface area contributed by atoms with E-state index in [1.165, 1.54) is 6.07 Å². The minimum atomic E-state index is -4.68. The zero-order valence-electron chi connectivity index (χ0n) is 14.0. The minimum Gasteiger partial charge on any atom is -0.742 e. The van der Waals surface area contributed by atoms with Gasteiger partial charge in [-0.3, -0.25) is 4.79 Å². The van der Waals surface area contributed by atoms with Crippen LogP contribution in [0.3, 0.4) is 0 Å². The number of hydrogen-bond donors (Lipinski definition) is 1. The van der Waals surface area contributed by atoms with Crippen LogP contribution in [0.4, 0.5) is 0 Å². The topological polar surface area (TPSA) is 155 Å². The van der Waals surface area contributed by atoms with Gasteiger partial charge in [0.05, 0.1) is 6.21 Å². The summed E-state index contributed by atoms with van der Waals surface area (Å²) in [5.74, 6) is -0.171. The number of benzene rings is 1. The number of furan rings is 1. The van der Waals surface area contributed by atoms with Crippen molar-refractivity contribution in [3.05, 3.63) is 48.2 Å². The van der Waals surface area contributed by atoms with E-state index >= 15 is 0 Å². The standard InChI is InChI=1S/C14H12N6O5S.Na/c21-12(16-15-8-11-6-7-13(25-11)26(22,23)24)9-20-18-14(17-19-20)10-4-2-1-3-5-10;/h1-8H,9H2,(H,16,21)(H,22,23,24);/q;+1/p-1/b15-8+;. The summed E-state index contributed by atoms with van der Waals surface area (Å²) < 4.78 is 37.0. The quantitative estimate of drug-likeness (QED) is 0.199. The first-order valence-corrected chi connectivity index (χ1v) is 8.53. The monoisotopic (exact) mass is 398 g/mol. The maximum Gasteiger partial charge on any atom is 1.00 e. The zero-order chi connectivity index (χ0) is 18.6. The molecule has 13 heteroatoms. The molecule has 0 bridgehead atoms. The van der Waals surface area contributed by atoms with Gasteiger partial charge in [-0.25, -0.2) is 13.8 Å². The second kappa shape index (κ2) is 9.01. The van der Waals surface area contributed by atoms with Gasteiger partial charge in [-0.15, -0.1) is 10.2 Å². The summed E-state index contributed by atoms with van der Waals surface area (Å²) in [6.45, 7) is -0.227. The molecule has 2 heterocycles. The van der Waals surface area contributed by atoms with Gasteiger partial charge < -0.3 is 8.97 Å². The van der Waals surface area contributed by atoms with Crippen LogP contribution in [0.15, 0.2) is 57.1 Å². The van der Waals surface area contributed by atoms with Gasteiger partial charge >= 0.3 is 29.6 Å². The summed E-state index contributed by atoms with van der Waals surface area (Å²) in [5.41, 5.74) is 2.95. The Labute approximate surface area is 175 Å². The van der Waals surface area contributed by atoms with Gasteiger partial charge in [0.1, 0.15) is 12.3 Å². The Morgan fingerprint density at radius 2 is 2.00 bits per heavy atom. The number of nitrogens with one attached hydrogen (secondary N) is 1. The van der Waals surface area contributed by atoms with Crippen LogP contribution in [0.25, 0.3) is 11.4 Å². The third-order valence-corrected chi connectivity index (χ3v) is 3.71. The van der Waals surface area contributed by atoms with Crippen LogP contribution in [0.1, 0.15) is 5.76 Å². The summed E-state index contributed by atoms with van der Waals surface area (Å²) >= 11 is 0. The number of hydrogen-bond acceptors (Lipinski definition) is 9. The number of amides is 1. The van der Waals surface area contributed by atoms with Crippen molar-refractivity contribution in [2.24, 2.45) is 5.10 Å². The van der Waals surface area contributed by atoms with E-state index < -0.39 is 21.1 Å². The second-order valence-electron chi connectivity index (χ2n) is 4.91. The fraction of sp³-hybridized carbons (Fsp3) is 0.0714.